The molecule has 23 N–H and O–H groups in total. The highest BCUT2D eigenvalue weighted by Gasteiger charge is 2.40. The number of hydrogen-bond acceptors (Lipinski definition) is 13. The number of nitrogens with zero attached hydrogens (tertiary/aromatic N) is 4. The monoisotopic (exact) mass is 937 g/mol. The molecule has 7 amide bonds. The molecule has 2 saturated heterocycles. The van der Waals surface area contributed by atoms with Gasteiger partial charge in [-0.3, -0.25) is 48.5 Å². The number of unbranched alkanes of at least 4 members (excludes halogenated alkanes) is 1. The molecule has 2 aliphatic rings. The third-order valence-electron chi connectivity index (χ3n) is 10.8. The lowest BCUT2D eigenvalue weighted by Crippen LogP contribution is -2.59. The van der Waals surface area contributed by atoms with Crippen LogP contribution in [0.1, 0.15) is 96.3 Å². The van der Waals surface area contributed by atoms with Crippen LogP contribution in [-0.4, -0.2) is 157 Å². The van der Waals surface area contributed by atoms with Crippen molar-refractivity contribution in [3.63, 3.8) is 0 Å². The summed E-state index contributed by atoms with van der Waals surface area (Å²) in [6, 6.07) is -7.96. The first kappa shape index (κ1) is 55.6. The number of rotatable bonds is 31. The van der Waals surface area contributed by atoms with E-state index in [2.05, 4.69) is 46.9 Å². The second-order valence-corrected chi connectivity index (χ2v) is 16.1. The van der Waals surface area contributed by atoms with Gasteiger partial charge in [-0.15, -0.1) is 0 Å². The van der Waals surface area contributed by atoms with Crippen molar-refractivity contribution >= 4 is 65.2 Å². The minimum absolute atomic E-state index is 0.0266. The van der Waals surface area contributed by atoms with E-state index in [1.807, 2.05) is 0 Å². The maximum Gasteiger partial charge on any atom is 0.326 e. The predicted octanol–water partition coefficient (Wildman–Crippen LogP) is -6.21. The average Bonchev–Trinajstić information content (AvgIpc) is 3.98. The first-order valence-electron chi connectivity index (χ1n) is 22.3. The molecule has 0 bridgehead atoms. The molecule has 2 rings (SSSR count). The molecule has 0 spiro atoms. The fourth-order valence-electron chi connectivity index (χ4n) is 7.38. The lowest BCUT2D eigenvalue weighted by atomic mass is 10.0. The fraction of sp³-hybridized carbons (Fsp3) is 0.718. The standard InChI is InChI=1S/C39H72N18O9/c40-16-2-1-8-26(55-30(59)22-9-3-17-48-22)35(64)57-21-7-13-28(57)34(63)54-25(12-6-20-51-39(46)47)32(61)52-23(10-4-18-49-37(42)43)31(60)53-24(11-5-19-50-38(44)45)33(62)56-27(36(65)66)14-15-29(41)58/h22-28,48H,1-21,40H2,(H2,41,58)(H,52,61)(H,53,60)(H,54,63)(H,55,59)(H,56,62)(H,65,66)(H4,42,43,49)(H4,44,45,50)(H4,46,47,51)/t22-,23+,24+,25+,26+,27+,28+/m0/s1. The normalized spacial score (nSPS) is 17.7. The number of carboxylic acids is 1. The van der Waals surface area contributed by atoms with E-state index in [0.717, 1.165) is 6.42 Å². The van der Waals surface area contributed by atoms with Gasteiger partial charge in [0.1, 0.15) is 36.3 Å². The first-order chi connectivity index (χ1) is 31.3. The summed E-state index contributed by atoms with van der Waals surface area (Å²) in [4.78, 5) is 120. The van der Waals surface area contributed by atoms with Gasteiger partial charge in [-0.2, -0.15) is 0 Å². The van der Waals surface area contributed by atoms with Crippen LogP contribution in [0.4, 0.5) is 0 Å². The Kier molecular flexibility index (Phi) is 25.1. The molecule has 27 heteroatoms. The second kappa shape index (κ2) is 29.8. The van der Waals surface area contributed by atoms with Gasteiger partial charge >= 0.3 is 5.97 Å². The number of likely N-dealkylation sites (tertiary alicyclic amines) is 1. The minimum Gasteiger partial charge on any atom is -0.480 e. The van der Waals surface area contributed by atoms with Gasteiger partial charge in [0, 0.05) is 32.6 Å². The fourth-order valence-corrected chi connectivity index (χ4v) is 7.38. The Labute approximate surface area is 383 Å². The molecule has 2 heterocycles. The van der Waals surface area contributed by atoms with Gasteiger partial charge in [-0.1, -0.05) is 0 Å². The highest BCUT2D eigenvalue weighted by atomic mass is 16.4. The van der Waals surface area contributed by atoms with Crippen molar-refractivity contribution in [2.24, 2.45) is 60.8 Å². The SMILES string of the molecule is NCCCC[C@@H](NC(=O)[C@@H]1CCCN1)C(=O)N1CCC[C@@H]1C(=O)N[C@H](CCCN=C(N)N)C(=O)N[C@H](CCCN=C(N)N)C(=O)N[C@H](CCCN=C(N)N)C(=O)N[C@H](CCC(N)=O)C(=O)O. The molecule has 0 aromatic heterocycles. The van der Waals surface area contributed by atoms with Crippen molar-refractivity contribution in [1.29, 1.82) is 0 Å². The van der Waals surface area contributed by atoms with Crippen LogP contribution in [-0.2, 0) is 38.4 Å². The quantitative estimate of drug-likeness (QED) is 0.0175. The van der Waals surface area contributed by atoms with Crippen molar-refractivity contribution in [2.45, 2.75) is 139 Å². The van der Waals surface area contributed by atoms with E-state index < -0.39 is 83.7 Å². The van der Waals surface area contributed by atoms with Crippen LogP contribution in [0.3, 0.4) is 0 Å². The van der Waals surface area contributed by atoms with Gasteiger partial charge in [0.15, 0.2) is 17.9 Å². The summed E-state index contributed by atoms with van der Waals surface area (Å²) >= 11 is 0. The summed E-state index contributed by atoms with van der Waals surface area (Å²) in [5, 5.41) is 26.0. The van der Waals surface area contributed by atoms with Crippen LogP contribution in [0.25, 0.3) is 0 Å². The Morgan fingerprint density at radius 1 is 0.576 bits per heavy atom. The molecule has 2 fully saturated rings. The molecule has 372 valence electrons. The number of guanidine groups is 3. The van der Waals surface area contributed by atoms with Gasteiger partial charge in [-0.25, -0.2) is 4.79 Å². The highest BCUT2D eigenvalue weighted by Crippen LogP contribution is 2.21. The van der Waals surface area contributed by atoms with Crippen LogP contribution in [0, 0.1) is 0 Å². The van der Waals surface area contributed by atoms with Gasteiger partial charge in [0.25, 0.3) is 0 Å². The zero-order valence-corrected chi connectivity index (χ0v) is 37.5. The Balaban J connectivity index is 2.41. The van der Waals surface area contributed by atoms with Crippen molar-refractivity contribution in [2.75, 3.05) is 39.3 Å². The number of carbonyl (C=O) groups excluding carboxylic acids is 7. The average molecular weight is 937 g/mol. The molecular formula is C39H72N18O9. The van der Waals surface area contributed by atoms with E-state index in [1.54, 1.807) is 0 Å². The third kappa shape index (κ3) is 21.0. The van der Waals surface area contributed by atoms with Crippen LogP contribution in [0.5, 0.6) is 0 Å². The number of carbonyl (C=O) groups is 8. The molecule has 0 radical (unpaired) electrons. The van der Waals surface area contributed by atoms with Crippen molar-refractivity contribution < 1.29 is 43.5 Å². The second-order valence-electron chi connectivity index (χ2n) is 16.1. The molecular weight excluding hydrogens is 865 g/mol. The molecule has 7 atom stereocenters. The van der Waals surface area contributed by atoms with E-state index in [1.165, 1.54) is 4.90 Å². The molecule has 0 saturated carbocycles. The van der Waals surface area contributed by atoms with Crippen molar-refractivity contribution in [3.05, 3.63) is 0 Å². The lowest BCUT2D eigenvalue weighted by Gasteiger charge is -2.31. The van der Waals surface area contributed by atoms with Crippen LogP contribution >= 0.6 is 0 Å². The molecule has 27 nitrogen and oxygen atoms in total. The summed E-state index contributed by atoms with van der Waals surface area (Å²) in [6.45, 7) is 1.45. The van der Waals surface area contributed by atoms with Gasteiger partial charge in [0.2, 0.25) is 41.4 Å². The maximum atomic E-state index is 14.2. The number of aliphatic carboxylic acids is 1. The van der Waals surface area contributed by atoms with E-state index in [9.17, 15) is 43.5 Å². The van der Waals surface area contributed by atoms with E-state index in [4.69, 9.17) is 45.9 Å². The number of nitrogens with one attached hydrogen (secondary N) is 6. The summed E-state index contributed by atoms with van der Waals surface area (Å²) in [5.74, 6) is -6.90. The Morgan fingerprint density at radius 3 is 1.48 bits per heavy atom. The highest BCUT2D eigenvalue weighted by molar-refractivity contribution is 5.97. The molecule has 2 aliphatic heterocycles. The first-order valence-corrected chi connectivity index (χ1v) is 22.3. The molecule has 0 unspecified atom stereocenters. The van der Waals surface area contributed by atoms with Gasteiger partial charge in [-0.05, 0) is 103 Å². The number of aliphatic imine (C=N–C) groups is 3. The smallest absolute Gasteiger partial charge is 0.326 e. The van der Waals surface area contributed by atoms with E-state index in [0.29, 0.717) is 45.2 Å². The van der Waals surface area contributed by atoms with Crippen LogP contribution in [0.15, 0.2) is 15.0 Å². The Bertz CT molecular complexity index is 1730. The zero-order valence-electron chi connectivity index (χ0n) is 37.5. The lowest BCUT2D eigenvalue weighted by molar-refractivity contribution is -0.143. The Hall–Kier alpha value is -6.51. The third-order valence-corrected chi connectivity index (χ3v) is 10.8. The Morgan fingerprint density at radius 2 is 1.05 bits per heavy atom. The van der Waals surface area contributed by atoms with Crippen LogP contribution < -0.4 is 77.8 Å². The number of amides is 7. The zero-order chi connectivity index (χ0) is 49.2. The summed E-state index contributed by atoms with van der Waals surface area (Å²) < 4.78 is 0. The number of nitrogens with two attached hydrogens (primary N) is 8. The molecule has 0 aliphatic carbocycles. The summed E-state index contributed by atoms with van der Waals surface area (Å²) in [6.07, 6.45) is 3.23. The summed E-state index contributed by atoms with van der Waals surface area (Å²) in [5.41, 5.74) is 43.7. The predicted molar refractivity (Wildman–Crippen MR) is 244 cm³/mol. The summed E-state index contributed by atoms with van der Waals surface area (Å²) in [7, 11) is 0. The van der Waals surface area contributed by atoms with Crippen LogP contribution in [0.2, 0.25) is 0 Å². The van der Waals surface area contributed by atoms with E-state index in [-0.39, 0.29) is 108 Å². The van der Waals surface area contributed by atoms with Gasteiger partial charge in [0.05, 0.1) is 6.04 Å². The molecule has 66 heavy (non-hydrogen) atoms. The van der Waals surface area contributed by atoms with Crippen molar-refractivity contribution in [1.82, 2.24) is 36.8 Å². The van der Waals surface area contributed by atoms with E-state index >= 15 is 0 Å². The topological polar surface area (TPSA) is 477 Å². The molecule has 0 aromatic rings. The minimum atomic E-state index is -1.54. The number of carboxylic acid groups (broad SMARTS) is 1. The van der Waals surface area contributed by atoms with Gasteiger partial charge < -0.3 is 87.8 Å². The maximum absolute atomic E-state index is 14.2. The van der Waals surface area contributed by atoms with Crippen molar-refractivity contribution in [3.8, 4) is 0 Å². The number of primary amides is 1. The largest absolute Gasteiger partial charge is 0.480 e. The number of hydrogen-bond donors (Lipinski definition) is 15. The molecule has 0 aromatic carbocycles.